The largest absolute Gasteiger partial charge is 0.497 e. The molecule has 2 rings (SSSR count). The molecule has 0 fully saturated rings. The molecule has 1 aliphatic heterocycles. The highest BCUT2D eigenvalue weighted by atomic mass is 79.9. The smallest absolute Gasteiger partial charge is 0.191 e. The number of hydrogen-bond donors (Lipinski definition) is 2. The Hall–Kier alpha value is -1.43. The summed E-state index contributed by atoms with van der Waals surface area (Å²) in [6, 6.07) is 7.64. The Morgan fingerprint density at radius 3 is 2.71 bits per heavy atom. The molecule has 0 saturated heterocycles. The maximum absolute atomic E-state index is 5.66. The molecule has 6 heteroatoms. The molecular formula is C15H24BrN3O2. The third-order valence-corrected chi connectivity index (χ3v) is 3.09. The van der Waals surface area contributed by atoms with Crippen molar-refractivity contribution in [2.24, 2.45) is 4.99 Å². The lowest BCUT2D eigenvalue weighted by molar-refractivity contribution is 0.310. The molecule has 0 atom stereocenters. The van der Waals surface area contributed by atoms with E-state index in [4.69, 9.17) is 9.47 Å². The van der Waals surface area contributed by atoms with Gasteiger partial charge in [0.1, 0.15) is 11.5 Å². The predicted octanol–water partition coefficient (Wildman–Crippen LogP) is 2.37. The Morgan fingerprint density at radius 2 is 1.95 bits per heavy atom. The predicted molar refractivity (Wildman–Crippen MR) is 91.0 cm³/mol. The van der Waals surface area contributed by atoms with Crippen LogP contribution in [0.15, 0.2) is 29.3 Å². The van der Waals surface area contributed by atoms with E-state index >= 15 is 0 Å². The molecule has 0 aromatic heterocycles. The Balaban J connectivity index is 0.00000220. The highest BCUT2D eigenvalue weighted by Gasteiger charge is 2.01. The molecule has 118 valence electrons. The van der Waals surface area contributed by atoms with Crippen LogP contribution in [-0.4, -0.2) is 39.3 Å². The molecule has 0 spiro atoms. The lowest BCUT2D eigenvalue weighted by Crippen LogP contribution is -2.37. The van der Waals surface area contributed by atoms with Crippen molar-refractivity contribution < 1.29 is 9.47 Å². The highest BCUT2D eigenvalue weighted by Crippen LogP contribution is 2.16. The standard InChI is InChI=1S/C15H23N3O2.BrH/c1-19-13-5-7-14(8-6-13)20-12-4-11-18-15-16-9-2-3-10-17-15;/h5-8H,2-4,9-12H2,1H3,(H2,16,17,18);1H. The Labute approximate surface area is 136 Å². The lowest BCUT2D eigenvalue weighted by atomic mass is 10.3. The molecule has 0 amide bonds. The van der Waals surface area contributed by atoms with Crippen LogP contribution in [0.3, 0.4) is 0 Å². The minimum absolute atomic E-state index is 0. The number of ether oxygens (including phenoxy) is 2. The van der Waals surface area contributed by atoms with E-state index in [1.807, 2.05) is 24.3 Å². The van der Waals surface area contributed by atoms with Crippen molar-refractivity contribution in [1.82, 2.24) is 10.6 Å². The van der Waals surface area contributed by atoms with Crippen LogP contribution in [0.2, 0.25) is 0 Å². The molecule has 0 radical (unpaired) electrons. The summed E-state index contributed by atoms with van der Waals surface area (Å²) in [7, 11) is 1.66. The summed E-state index contributed by atoms with van der Waals surface area (Å²) < 4.78 is 10.8. The fourth-order valence-corrected chi connectivity index (χ4v) is 1.95. The zero-order chi connectivity index (χ0) is 14.0. The molecule has 1 aromatic rings. The van der Waals surface area contributed by atoms with Gasteiger partial charge in [0.05, 0.1) is 13.7 Å². The summed E-state index contributed by atoms with van der Waals surface area (Å²) in [6.45, 7) is 3.47. The number of nitrogens with one attached hydrogen (secondary N) is 2. The van der Waals surface area contributed by atoms with E-state index in [9.17, 15) is 0 Å². The van der Waals surface area contributed by atoms with E-state index in [0.29, 0.717) is 6.61 Å². The summed E-state index contributed by atoms with van der Waals surface area (Å²) in [5.41, 5.74) is 0. The number of guanidine groups is 1. The second-order valence-corrected chi connectivity index (χ2v) is 4.67. The minimum Gasteiger partial charge on any atom is -0.497 e. The van der Waals surface area contributed by atoms with Gasteiger partial charge in [-0.05, 0) is 43.5 Å². The number of methoxy groups -OCH3 is 1. The SMILES string of the molecule is Br.COc1ccc(OCCCNC2=NCCCCN2)cc1. The van der Waals surface area contributed by atoms with Crippen molar-refractivity contribution in [2.75, 3.05) is 33.4 Å². The third kappa shape index (κ3) is 6.71. The van der Waals surface area contributed by atoms with Gasteiger partial charge in [-0.1, -0.05) is 0 Å². The molecular weight excluding hydrogens is 334 g/mol. The van der Waals surface area contributed by atoms with Gasteiger partial charge in [-0.2, -0.15) is 0 Å². The normalized spacial score (nSPS) is 14.0. The zero-order valence-electron chi connectivity index (χ0n) is 12.4. The van der Waals surface area contributed by atoms with Crippen LogP contribution >= 0.6 is 17.0 Å². The third-order valence-electron chi connectivity index (χ3n) is 3.09. The second-order valence-electron chi connectivity index (χ2n) is 4.67. The Kier molecular flexibility index (Phi) is 8.66. The quantitative estimate of drug-likeness (QED) is 0.767. The number of nitrogens with zero attached hydrogens (tertiary/aromatic N) is 1. The number of benzene rings is 1. The van der Waals surface area contributed by atoms with E-state index in [1.54, 1.807) is 7.11 Å². The molecule has 2 N–H and O–H groups in total. The molecule has 0 aliphatic carbocycles. The first kappa shape index (κ1) is 17.6. The van der Waals surface area contributed by atoms with E-state index in [1.165, 1.54) is 12.8 Å². The van der Waals surface area contributed by atoms with Crippen LogP contribution < -0.4 is 20.1 Å². The Bertz CT molecular complexity index is 423. The molecule has 1 aliphatic rings. The van der Waals surface area contributed by atoms with E-state index in [-0.39, 0.29) is 17.0 Å². The molecule has 0 bridgehead atoms. The van der Waals surface area contributed by atoms with Crippen molar-refractivity contribution >= 4 is 22.9 Å². The van der Waals surface area contributed by atoms with Gasteiger partial charge < -0.3 is 20.1 Å². The first-order valence-corrected chi connectivity index (χ1v) is 7.17. The average molecular weight is 358 g/mol. The van der Waals surface area contributed by atoms with E-state index < -0.39 is 0 Å². The maximum Gasteiger partial charge on any atom is 0.191 e. The summed E-state index contributed by atoms with van der Waals surface area (Å²) >= 11 is 0. The summed E-state index contributed by atoms with van der Waals surface area (Å²) in [5.74, 6) is 2.64. The second kappa shape index (κ2) is 10.3. The fourth-order valence-electron chi connectivity index (χ4n) is 1.95. The van der Waals surface area contributed by atoms with Gasteiger partial charge in [-0.15, -0.1) is 17.0 Å². The van der Waals surface area contributed by atoms with Gasteiger partial charge in [-0.25, -0.2) is 0 Å². The van der Waals surface area contributed by atoms with Crippen molar-refractivity contribution in [3.8, 4) is 11.5 Å². The molecule has 5 nitrogen and oxygen atoms in total. The maximum atomic E-state index is 5.66. The summed E-state index contributed by atoms with van der Waals surface area (Å²) in [4.78, 5) is 4.44. The highest BCUT2D eigenvalue weighted by molar-refractivity contribution is 8.93. The van der Waals surface area contributed by atoms with Crippen molar-refractivity contribution in [2.45, 2.75) is 19.3 Å². The van der Waals surface area contributed by atoms with Gasteiger partial charge in [0.25, 0.3) is 0 Å². The van der Waals surface area contributed by atoms with Crippen LogP contribution in [0.1, 0.15) is 19.3 Å². The van der Waals surface area contributed by atoms with Gasteiger partial charge in [0, 0.05) is 19.6 Å². The van der Waals surface area contributed by atoms with Crippen molar-refractivity contribution in [3.05, 3.63) is 24.3 Å². The molecule has 0 unspecified atom stereocenters. The Morgan fingerprint density at radius 1 is 1.19 bits per heavy atom. The monoisotopic (exact) mass is 357 g/mol. The topological polar surface area (TPSA) is 54.9 Å². The van der Waals surface area contributed by atoms with Gasteiger partial charge >= 0.3 is 0 Å². The first-order valence-electron chi connectivity index (χ1n) is 7.17. The van der Waals surface area contributed by atoms with Gasteiger partial charge in [0.2, 0.25) is 0 Å². The number of halogens is 1. The summed E-state index contributed by atoms with van der Waals surface area (Å²) in [6.07, 6.45) is 3.29. The number of aliphatic imine (C=N–C) groups is 1. The number of hydrogen-bond acceptors (Lipinski definition) is 5. The van der Waals surface area contributed by atoms with Crippen LogP contribution in [-0.2, 0) is 0 Å². The van der Waals surface area contributed by atoms with Gasteiger partial charge in [0.15, 0.2) is 5.96 Å². The number of rotatable bonds is 6. The van der Waals surface area contributed by atoms with Crippen molar-refractivity contribution in [3.63, 3.8) is 0 Å². The average Bonchev–Trinajstić information content (AvgIpc) is 2.76. The van der Waals surface area contributed by atoms with Crippen LogP contribution in [0.4, 0.5) is 0 Å². The van der Waals surface area contributed by atoms with Crippen molar-refractivity contribution in [1.29, 1.82) is 0 Å². The zero-order valence-corrected chi connectivity index (χ0v) is 14.1. The molecule has 0 saturated carbocycles. The lowest BCUT2D eigenvalue weighted by Gasteiger charge is -2.10. The fraction of sp³-hybridized carbons (Fsp3) is 0.533. The minimum atomic E-state index is 0. The molecule has 1 aromatic carbocycles. The summed E-state index contributed by atoms with van der Waals surface area (Å²) in [5, 5.41) is 6.59. The van der Waals surface area contributed by atoms with E-state index in [0.717, 1.165) is 43.5 Å². The first-order chi connectivity index (χ1) is 9.88. The molecule has 21 heavy (non-hydrogen) atoms. The van der Waals surface area contributed by atoms with Crippen LogP contribution in [0.25, 0.3) is 0 Å². The van der Waals surface area contributed by atoms with Crippen LogP contribution in [0, 0.1) is 0 Å². The molecule has 1 heterocycles. The van der Waals surface area contributed by atoms with E-state index in [2.05, 4.69) is 15.6 Å². The van der Waals surface area contributed by atoms with Gasteiger partial charge in [-0.3, -0.25) is 4.99 Å². The van der Waals surface area contributed by atoms with Crippen LogP contribution in [0.5, 0.6) is 11.5 Å².